The van der Waals surface area contributed by atoms with Crippen molar-refractivity contribution in [2.24, 2.45) is 0 Å². The molecule has 1 heterocycles. The van der Waals surface area contributed by atoms with Gasteiger partial charge in [-0.3, -0.25) is 0 Å². The summed E-state index contributed by atoms with van der Waals surface area (Å²) in [7, 11) is 0. The molecular formula is C17H15N3O. The predicted octanol–water partition coefficient (Wildman–Crippen LogP) is 3.30. The Bertz CT molecular complexity index is 694. The molecule has 0 spiro atoms. The van der Waals surface area contributed by atoms with Gasteiger partial charge in [0.15, 0.2) is 0 Å². The van der Waals surface area contributed by atoms with Crippen molar-refractivity contribution in [3.8, 4) is 16.9 Å². The molecule has 4 nitrogen and oxygen atoms in total. The van der Waals surface area contributed by atoms with Crippen molar-refractivity contribution in [1.29, 1.82) is 0 Å². The molecule has 0 atom stereocenters. The molecule has 0 aliphatic carbocycles. The average Bonchev–Trinajstić information content (AvgIpc) is 2.55. The summed E-state index contributed by atoms with van der Waals surface area (Å²) in [6, 6.07) is 17.9. The van der Waals surface area contributed by atoms with Crippen LogP contribution in [0.3, 0.4) is 0 Å². The third-order valence-corrected chi connectivity index (χ3v) is 3.11. The number of hydrogen-bond acceptors (Lipinski definition) is 4. The van der Waals surface area contributed by atoms with Crippen LogP contribution in [0.25, 0.3) is 11.1 Å². The van der Waals surface area contributed by atoms with Crippen molar-refractivity contribution < 1.29 is 4.74 Å². The lowest BCUT2D eigenvalue weighted by atomic mass is 10.1. The van der Waals surface area contributed by atoms with E-state index >= 15 is 0 Å². The Morgan fingerprint density at radius 3 is 2.14 bits per heavy atom. The lowest BCUT2D eigenvalue weighted by molar-refractivity contribution is 0.306. The van der Waals surface area contributed by atoms with Gasteiger partial charge in [-0.2, -0.15) is 0 Å². The van der Waals surface area contributed by atoms with Crippen LogP contribution < -0.4 is 10.5 Å². The van der Waals surface area contributed by atoms with E-state index < -0.39 is 0 Å². The Morgan fingerprint density at radius 2 is 1.48 bits per heavy atom. The van der Waals surface area contributed by atoms with E-state index in [1.165, 1.54) is 0 Å². The van der Waals surface area contributed by atoms with Crippen LogP contribution in [0.4, 0.5) is 5.95 Å². The topological polar surface area (TPSA) is 61.0 Å². The largest absolute Gasteiger partial charge is 0.489 e. The Labute approximate surface area is 123 Å². The number of anilines is 1. The SMILES string of the molecule is Nc1ncc(-c2ccc(OCc3ccccc3)cc2)cn1. The molecule has 3 rings (SSSR count). The zero-order chi connectivity index (χ0) is 14.5. The Morgan fingerprint density at radius 1 is 0.810 bits per heavy atom. The highest BCUT2D eigenvalue weighted by Gasteiger charge is 2.00. The minimum Gasteiger partial charge on any atom is -0.489 e. The summed E-state index contributed by atoms with van der Waals surface area (Å²) in [6.45, 7) is 0.561. The summed E-state index contributed by atoms with van der Waals surface area (Å²) in [4.78, 5) is 7.98. The Hall–Kier alpha value is -2.88. The predicted molar refractivity (Wildman–Crippen MR) is 82.7 cm³/mol. The maximum atomic E-state index is 5.75. The number of nitrogens with two attached hydrogens (primary N) is 1. The monoisotopic (exact) mass is 277 g/mol. The van der Waals surface area contributed by atoms with E-state index in [0.717, 1.165) is 22.4 Å². The van der Waals surface area contributed by atoms with E-state index in [1.807, 2.05) is 54.6 Å². The molecule has 0 fully saturated rings. The highest BCUT2D eigenvalue weighted by atomic mass is 16.5. The van der Waals surface area contributed by atoms with Gasteiger partial charge >= 0.3 is 0 Å². The first-order valence-electron chi connectivity index (χ1n) is 6.66. The molecule has 0 saturated heterocycles. The van der Waals surface area contributed by atoms with Gasteiger partial charge in [0.05, 0.1) is 0 Å². The lowest BCUT2D eigenvalue weighted by Gasteiger charge is -2.07. The second kappa shape index (κ2) is 6.05. The van der Waals surface area contributed by atoms with Crippen LogP contribution in [0, 0.1) is 0 Å². The molecule has 4 heteroatoms. The van der Waals surface area contributed by atoms with Gasteiger partial charge in [0.1, 0.15) is 12.4 Å². The van der Waals surface area contributed by atoms with E-state index in [1.54, 1.807) is 12.4 Å². The quantitative estimate of drug-likeness (QED) is 0.794. The van der Waals surface area contributed by atoms with Crippen molar-refractivity contribution in [2.75, 3.05) is 5.73 Å². The molecule has 0 aliphatic heterocycles. The minimum atomic E-state index is 0.279. The molecule has 1 aromatic heterocycles. The average molecular weight is 277 g/mol. The van der Waals surface area contributed by atoms with Crippen molar-refractivity contribution in [1.82, 2.24) is 9.97 Å². The molecule has 0 amide bonds. The molecule has 0 unspecified atom stereocenters. The number of ether oxygens (including phenoxy) is 1. The van der Waals surface area contributed by atoms with Crippen LogP contribution in [0.5, 0.6) is 5.75 Å². The molecule has 2 N–H and O–H groups in total. The summed E-state index contributed by atoms with van der Waals surface area (Å²) >= 11 is 0. The van der Waals surface area contributed by atoms with Gasteiger partial charge in [0.2, 0.25) is 5.95 Å². The lowest BCUT2D eigenvalue weighted by Crippen LogP contribution is -1.95. The van der Waals surface area contributed by atoms with E-state index in [9.17, 15) is 0 Å². The highest BCUT2D eigenvalue weighted by molar-refractivity contribution is 5.62. The van der Waals surface area contributed by atoms with Crippen molar-refractivity contribution in [2.45, 2.75) is 6.61 Å². The number of nitrogen functional groups attached to an aromatic ring is 1. The van der Waals surface area contributed by atoms with Crippen molar-refractivity contribution in [3.63, 3.8) is 0 Å². The van der Waals surface area contributed by atoms with Gasteiger partial charge in [-0.1, -0.05) is 42.5 Å². The van der Waals surface area contributed by atoms with Gasteiger partial charge in [-0.15, -0.1) is 0 Å². The van der Waals surface area contributed by atoms with E-state index in [2.05, 4.69) is 9.97 Å². The molecule has 0 saturated carbocycles. The number of hydrogen-bond donors (Lipinski definition) is 1. The van der Waals surface area contributed by atoms with Crippen LogP contribution in [-0.4, -0.2) is 9.97 Å². The maximum absolute atomic E-state index is 5.75. The molecule has 0 radical (unpaired) electrons. The van der Waals surface area contributed by atoms with Gasteiger partial charge in [0.25, 0.3) is 0 Å². The first kappa shape index (κ1) is 13.1. The maximum Gasteiger partial charge on any atom is 0.219 e. The van der Waals surface area contributed by atoms with Crippen LogP contribution in [0.1, 0.15) is 5.56 Å². The molecule has 21 heavy (non-hydrogen) atoms. The van der Waals surface area contributed by atoms with E-state index in [0.29, 0.717) is 6.61 Å². The molecular weight excluding hydrogens is 262 g/mol. The number of rotatable bonds is 4. The fourth-order valence-corrected chi connectivity index (χ4v) is 1.97. The van der Waals surface area contributed by atoms with Gasteiger partial charge in [-0.05, 0) is 23.3 Å². The third kappa shape index (κ3) is 3.36. The summed E-state index contributed by atoms with van der Waals surface area (Å²) in [5.41, 5.74) is 8.59. The summed E-state index contributed by atoms with van der Waals surface area (Å²) < 4.78 is 5.75. The van der Waals surface area contributed by atoms with Gasteiger partial charge in [-0.25, -0.2) is 9.97 Å². The summed E-state index contributed by atoms with van der Waals surface area (Å²) in [5, 5.41) is 0. The third-order valence-electron chi connectivity index (χ3n) is 3.11. The second-order valence-corrected chi connectivity index (χ2v) is 4.63. The van der Waals surface area contributed by atoms with Crippen molar-refractivity contribution in [3.05, 3.63) is 72.6 Å². The van der Waals surface area contributed by atoms with Crippen LogP contribution in [0.2, 0.25) is 0 Å². The molecule has 0 bridgehead atoms. The van der Waals surface area contributed by atoms with E-state index in [4.69, 9.17) is 10.5 Å². The fourth-order valence-electron chi connectivity index (χ4n) is 1.97. The number of benzene rings is 2. The normalized spacial score (nSPS) is 10.3. The highest BCUT2D eigenvalue weighted by Crippen LogP contribution is 2.22. The summed E-state index contributed by atoms with van der Waals surface area (Å²) in [6.07, 6.45) is 3.42. The molecule has 3 aromatic rings. The number of aromatic nitrogens is 2. The first-order chi connectivity index (χ1) is 10.3. The van der Waals surface area contributed by atoms with Crippen molar-refractivity contribution >= 4 is 5.95 Å². The molecule has 104 valence electrons. The van der Waals surface area contributed by atoms with Crippen LogP contribution in [0.15, 0.2) is 67.0 Å². The zero-order valence-corrected chi connectivity index (χ0v) is 11.4. The second-order valence-electron chi connectivity index (χ2n) is 4.63. The Kier molecular flexibility index (Phi) is 3.78. The van der Waals surface area contributed by atoms with E-state index in [-0.39, 0.29) is 5.95 Å². The molecule has 2 aromatic carbocycles. The van der Waals surface area contributed by atoms with Crippen LogP contribution >= 0.6 is 0 Å². The first-order valence-corrected chi connectivity index (χ1v) is 6.66. The minimum absolute atomic E-state index is 0.279. The smallest absolute Gasteiger partial charge is 0.219 e. The molecule has 0 aliphatic rings. The van der Waals surface area contributed by atoms with Gasteiger partial charge in [0, 0.05) is 18.0 Å². The van der Waals surface area contributed by atoms with Crippen LogP contribution in [-0.2, 0) is 6.61 Å². The van der Waals surface area contributed by atoms with Gasteiger partial charge < -0.3 is 10.5 Å². The Balaban J connectivity index is 1.68. The number of nitrogens with zero attached hydrogens (tertiary/aromatic N) is 2. The fraction of sp³-hybridized carbons (Fsp3) is 0.0588. The standard InChI is InChI=1S/C17H15N3O/c18-17-19-10-15(11-20-17)14-6-8-16(9-7-14)21-12-13-4-2-1-3-5-13/h1-11H,12H2,(H2,18,19,20). The summed E-state index contributed by atoms with van der Waals surface area (Å²) in [5.74, 6) is 1.11. The zero-order valence-electron chi connectivity index (χ0n) is 11.4.